The molecule has 3 heterocycles. The summed E-state index contributed by atoms with van der Waals surface area (Å²) in [5.74, 6) is 1.29. The molecule has 0 radical (unpaired) electrons. The Morgan fingerprint density at radius 2 is 2.08 bits per heavy atom. The van der Waals surface area contributed by atoms with Crippen LogP contribution in [0.1, 0.15) is 31.0 Å². The number of allylic oxidation sites excluding steroid dienone is 2. The summed E-state index contributed by atoms with van der Waals surface area (Å²) < 4.78 is 1.63. The molecule has 1 aliphatic heterocycles. The standard InChI is InChI=1S/C18H23N5O2/c1-9-15-14(17(24)21-18(25)23(15)13-4-5-13)11(3)20-16(9)22-7-6-12(8-22)10(2)19/h4,10,12H,5-8,19H2,1-3H3,(H,21,24,25). The Morgan fingerprint density at radius 1 is 1.36 bits per heavy atom. The summed E-state index contributed by atoms with van der Waals surface area (Å²) in [6.07, 6.45) is 3.78. The fourth-order valence-corrected chi connectivity index (χ4v) is 3.85. The van der Waals surface area contributed by atoms with E-state index in [-0.39, 0.29) is 17.3 Å². The van der Waals surface area contributed by atoms with E-state index in [4.69, 9.17) is 10.7 Å². The normalized spacial score (nSPS) is 20.9. The molecular weight excluding hydrogens is 318 g/mol. The van der Waals surface area contributed by atoms with Gasteiger partial charge in [-0.15, -0.1) is 0 Å². The van der Waals surface area contributed by atoms with Gasteiger partial charge in [-0.2, -0.15) is 0 Å². The van der Waals surface area contributed by atoms with Crippen LogP contribution in [0.3, 0.4) is 0 Å². The summed E-state index contributed by atoms with van der Waals surface area (Å²) in [7, 11) is 0. The zero-order valence-electron chi connectivity index (χ0n) is 14.8. The first-order valence-electron chi connectivity index (χ1n) is 8.74. The van der Waals surface area contributed by atoms with Crippen molar-refractivity contribution in [1.82, 2.24) is 14.5 Å². The zero-order chi connectivity index (χ0) is 17.9. The van der Waals surface area contributed by atoms with Gasteiger partial charge in [0, 0.05) is 36.8 Å². The fraction of sp³-hybridized carbons (Fsp3) is 0.500. The van der Waals surface area contributed by atoms with Crippen molar-refractivity contribution in [3.63, 3.8) is 0 Å². The van der Waals surface area contributed by atoms with Crippen LogP contribution >= 0.6 is 0 Å². The Hall–Kier alpha value is -2.41. The minimum atomic E-state index is -0.379. The molecule has 0 aromatic carbocycles. The average molecular weight is 341 g/mol. The minimum absolute atomic E-state index is 0.143. The second-order valence-electron chi connectivity index (χ2n) is 7.22. The Labute approximate surface area is 145 Å². The average Bonchev–Trinajstić information content (AvgIpc) is 3.25. The number of nitrogens with zero attached hydrogens (tertiary/aromatic N) is 3. The molecular formula is C18H23N5O2. The molecule has 1 saturated heterocycles. The molecule has 0 bridgehead atoms. The van der Waals surface area contributed by atoms with Crippen LogP contribution in [-0.4, -0.2) is 33.7 Å². The summed E-state index contributed by atoms with van der Waals surface area (Å²) in [4.78, 5) is 34.1. The fourth-order valence-electron chi connectivity index (χ4n) is 3.85. The molecule has 0 saturated carbocycles. The highest BCUT2D eigenvalue weighted by atomic mass is 16.2. The molecule has 0 spiro atoms. The van der Waals surface area contributed by atoms with Gasteiger partial charge in [-0.25, -0.2) is 9.78 Å². The van der Waals surface area contributed by atoms with Crippen molar-refractivity contribution in [2.45, 2.75) is 39.7 Å². The SMILES string of the molecule is Cc1nc(N2CCC(C(C)N)C2)c(C)c2c1c(=O)[nH]c(=O)n2C1=CC1. The van der Waals surface area contributed by atoms with E-state index in [9.17, 15) is 9.59 Å². The third kappa shape index (κ3) is 2.50. The van der Waals surface area contributed by atoms with Crippen LogP contribution in [0.15, 0.2) is 15.7 Å². The van der Waals surface area contributed by atoms with Crippen molar-refractivity contribution in [3.8, 4) is 0 Å². The number of hydrogen-bond donors (Lipinski definition) is 2. The number of aryl methyl sites for hydroxylation is 2. The van der Waals surface area contributed by atoms with E-state index in [1.165, 1.54) is 0 Å². The Balaban J connectivity index is 1.95. The number of fused-ring (bicyclic) bond motifs is 1. The molecule has 2 atom stereocenters. The molecule has 1 aliphatic carbocycles. The maximum atomic E-state index is 12.4. The lowest BCUT2D eigenvalue weighted by molar-refractivity contribution is 0.488. The largest absolute Gasteiger partial charge is 0.356 e. The summed E-state index contributed by atoms with van der Waals surface area (Å²) in [5.41, 5.74) is 8.46. The van der Waals surface area contributed by atoms with Crippen molar-refractivity contribution in [3.05, 3.63) is 38.2 Å². The van der Waals surface area contributed by atoms with Crippen LogP contribution in [-0.2, 0) is 0 Å². The van der Waals surface area contributed by atoms with Gasteiger partial charge in [-0.3, -0.25) is 14.3 Å². The first-order valence-corrected chi connectivity index (χ1v) is 8.74. The first-order chi connectivity index (χ1) is 11.9. The Morgan fingerprint density at radius 3 is 2.68 bits per heavy atom. The van der Waals surface area contributed by atoms with Gasteiger partial charge in [0.1, 0.15) is 5.82 Å². The molecule has 7 nitrogen and oxygen atoms in total. The molecule has 2 aliphatic rings. The van der Waals surface area contributed by atoms with Gasteiger partial charge >= 0.3 is 5.69 Å². The van der Waals surface area contributed by atoms with Gasteiger partial charge in [0.15, 0.2) is 0 Å². The lowest BCUT2D eigenvalue weighted by Crippen LogP contribution is -2.32. The zero-order valence-corrected chi connectivity index (χ0v) is 14.8. The van der Waals surface area contributed by atoms with Gasteiger partial charge in [-0.1, -0.05) is 6.08 Å². The number of aromatic amines is 1. The van der Waals surface area contributed by atoms with E-state index >= 15 is 0 Å². The highest BCUT2D eigenvalue weighted by Gasteiger charge is 2.29. The van der Waals surface area contributed by atoms with Gasteiger partial charge in [0.05, 0.1) is 16.6 Å². The van der Waals surface area contributed by atoms with Crippen LogP contribution in [0.2, 0.25) is 0 Å². The van der Waals surface area contributed by atoms with Crippen LogP contribution in [0.4, 0.5) is 5.82 Å². The molecule has 1 fully saturated rings. The summed E-state index contributed by atoms with van der Waals surface area (Å²) in [5, 5.41) is 0.497. The third-order valence-corrected chi connectivity index (χ3v) is 5.38. The number of anilines is 1. The van der Waals surface area contributed by atoms with E-state index in [2.05, 4.69) is 9.88 Å². The van der Waals surface area contributed by atoms with E-state index in [1.807, 2.05) is 26.8 Å². The van der Waals surface area contributed by atoms with Crippen molar-refractivity contribution in [2.75, 3.05) is 18.0 Å². The molecule has 2 unspecified atom stereocenters. The van der Waals surface area contributed by atoms with Gasteiger partial charge < -0.3 is 10.6 Å². The maximum absolute atomic E-state index is 12.4. The van der Waals surface area contributed by atoms with Gasteiger partial charge in [0.25, 0.3) is 5.56 Å². The topological polar surface area (TPSA) is 97.0 Å². The summed E-state index contributed by atoms with van der Waals surface area (Å²) in [6, 6.07) is 0.143. The molecule has 7 heteroatoms. The second-order valence-corrected chi connectivity index (χ2v) is 7.22. The first kappa shape index (κ1) is 16.1. The summed E-state index contributed by atoms with van der Waals surface area (Å²) >= 11 is 0. The molecule has 3 N–H and O–H groups in total. The number of hydrogen-bond acceptors (Lipinski definition) is 5. The maximum Gasteiger partial charge on any atom is 0.333 e. The van der Waals surface area contributed by atoms with E-state index in [0.717, 1.165) is 43.0 Å². The number of aromatic nitrogens is 3. The number of H-pyrrole nitrogens is 1. The number of rotatable bonds is 3. The van der Waals surface area contributed by atoms with Gasteiger partial charge in [0.2, 0.25) is 0 Å². The number of pyridine rings is 1. The molecule has 2 aromatic heterocycles. The third-order valence-electron chi connectivity index (χ3n) is 5.38. The van der Waals surface area contributed by atoms with Crippen molar-refractivity contribution in [1.29, 1.82) is 0 Å². The van der Waals surface area contributed by atoms with Crippen LogP contribution in [0.25, 0.3) is 16.6 Å². The van der Waals surface area contributed by atoms with Crippen molar-refractivity contribution >= 4 is 22.4 Å². The Kier molecular flexibility index (Phi) is 3.57. The smallest absolute Gasteiger partial charge is 0.333 e. The molecule has 132 valence electrons. The monoisotopic (exact) mass is 341 g/mol. The van der Waals surface area contributed by atoms with E-state index in [1.54, 1.807) is 4.57 Å². The lowest BCUT2D eigenvalue weighted by atomic mass is 10.0. The highest BCUT2D eigenvalue weighted by molar-refractivity contribution is 5.90. The number of nitrogens with two attached hydrogens (primary N) is 1. The van der Waals surface area contributed by atoms with Crippen LogP contribution < -0.4 is 21.9 Å². The van der Waals surface area contributed by atoms with Crippen LogP contribution in [0.5, 0.6) is 0 Å². The molecule has 4 rings (SSSR count). The second kappa shape index (κ2) is 5.56. The van der Waals surface area contributed by atoms with Gasteiger partial charge in [-0.05, 0) is 33.1 Å². The quantitative estimate of drug-likeness (QED) is 0.872. The van der Waals surface area contributed by atoms with Crippen LogP contribution in [0, 0.1) is 19.8 Å². The predicted molar refractivity (Wildman–Crippen MR) is 99.0 cm³/mol. The Bertz CT molecular complexity index is 1010. The summed E-state index contributed by atoms with van der Waals surface area (Å²) in [6.45, 7) is 7.56. The minimum Gasteiger partial charge on any atom is -0.356 e. The van der Waals surface area contributed by atoms with Crippen molar-refractivity contribution in [2.24, 2.45) is 11.7 Å². The highest BCUT2D eigenvalue weighted by Crippen LogP contribution is 2.33. The molecule has 25 heavy (non-hydrogen) atoms. The predicted octanol–water partition coefficient (Wildman–Crippen LogP) is 1.12. The molecule has 0 amide bonds. The van der Waals surface area contributed by atoms with E-state index in [0.29, 0.717) is 22.5 Å². The lowest BCUT2D eigenvalue weighted by Gasteiger charge is -2.23. The number of nitrogens with one attached hydrogen (secondary N) is 1. The van der Waals surface area contributed by atoms with Crippen molar-refractivity contribution < 1.29 is 0 Å². The van der Waals surface area contributed by atoms with E-state index < -0.39 is 0 Å². The molecule has 2 aromatic rings.